The zero-order chi connectivity index (χ0) is 25.6. The molecule has 36 heavy (non-hydrogen) atoms. The first-order valence-corrected chi connectivity index (χ1v) is 13.7. The number of nitrogens with zero attached hydrogens (tertiary/aromatic N) is 6. The third-order valence-electron chi connectivity index (χ3n) is 7.02. The van der Waals surface area contributed by atoms with E-state index in [-0.39, 0.29) is 22.2 Å². The number of carbonyl (C=O) groups excluding carboxylic acids is 1. The van der Waals surface area contributed by atoms with Crippen LogP contribution in [0.4, 0.5) is 0 Å². The molecule has 0 aliphatic carbocycles. The number of fused-ring (bicyclic) bond motifs is 1. The van der Waals surface area contributed by atoms with Gasteiger partial charge in [-0.1, -0.05) is 6.07 Å². The van der Waals surface area contributed by atoms with Crippen molar-refractivity contribution in [1.29, 1.82) is 0 Å². The van der Waals surface area contributed by atoms with Crippen LogP contribution in [0.2, 0.25) is 0 Å². The van der Waals surface area contributed by atoms with E-state index >= 15 is 0 Å². The van der Waals surface area contributed by atoms with Gasteiger partial charge in [-0.3, -0.25) is 4.79 Å². The normalized spacial score (nSPS) is 17.7. The lowest BCUT2D eigenvalue weighted by atomic mass is 10.0. The van der Waals surface area contributed by atoms with Gasteiger partial charge in [-0.2, -0.15) is 9.40 Å². The van der Waals surface area contributed by atoms with Crippen LogP contribution in [0.3, 0.4) is 0 Å². The Kier molecular flexibility index (Phi) is 6.48. The Morgan fingerprint density at radius 1 is 1.00 bits per heavy atom. The van der Waals surface area contributed by atoms with E-state index in [9.17, 15) is 13.2 Å². The molecule has 3 aromatic rings. The molecule has 1 aromatic carbocycles. The Bertz CT molecular complexity index is 1420. The van der Waals surface area contributed by atoms with Crippen molar-refractivity contribution < 1.29 is 17.9 Å². The summed E-state index contributed by atoms with van der Waals surface area (Å²) in [6.07, 6.45) is 1.67. The van der Waals surface area contributed by atoms with E-state index in [2.05, 4.69) is 4.90 Å². The van der Waals surface area contributed by atoms with Crippen molar-refractivity contribution in [3.05, 3.63) is 41.3 Å². The number of benzene rings is 1. The lowest BCUT2D eigenvalue weighted by Gasteiger charge is -2.32. The third-order valence-corrected chi connectivity index (χ3v) is 8.94. The molecule has 2 aromatic heterocycles. The van der Waals surface area contributed by atoms with Gasteiger partial charge in [0, 0.05) is 50.7 Å². The molecule has 0 unspecified atom stereocenters. The maximum atomic E-state index is 13.7. The number of aryl methyl sites for hydroxylation is 2. The summed E-state index contributed by atoms with van der Waals surface area (Å²) in [6.45, 7) is 7.55. The van der Waals surface area contributed by atoms with Crippen molar-refractivity contribution in [2.45, 2.75) is 31.6 Å². The minimum absolute atomic E-state index is 0.0890. The third kappa shape index (κ3) is 4.25. The van der Waals surface area contributed by atoms with Crippen molar-refractivity contribution in [2.75, 3.05) is 53.4 Å². The Morgan fingerprint density at radius 2 is 1.69 bits per heavy atom. The first-order chi connectivity index (χ1) is 17.2. The van der Waals surface area contributed by atoms with Gasteiger partial charge in [0.1, 0.15) is 10.6 Å². The monoisotopic (exact) mass is 512 g/mol. The number of aromatic nitrogens is 3. The van der Waals surface area contributed by atoms with Gasteiger partial charge < -0.3 is 14.5 Å². The van der Waals surface area contributed by atoms with Crippen LogP contribution in [0.1, 0.15) is 34.7 Å². The van der Waals surface area contributed by atoms with Crippen molar-refractivity contribution in [3.63, 3.8) is 0 Å². The molecule has 192 valence electrons. The molecule has 0 radical (unpaired) electrons. The molecule has 0 spiro atoms. The Balaban J connectivity index is 1.70. The number of ether oxygens (including phenoxy) is 1. The quantitative estimate of drug-likeness (QED) is 0.517. The van der Waals surface area contributed by atoms with Crippen molar-refractivity contribution >= 4 is 21.6 Å². The first kappa shape index (κ1) is 24.7. The smallest absolute Gasteiger partial charge is 0.275 e. The molecular formula is C25H32N6O4S. The number of hydrogen-bond acceptors (Lipinski definition) is 7. The summed E-state index contributed by atoms with van der Waals surface area (Å²) in [5.74, 6) is 0.0924. The maximum Gasteiger partial charge on any atom is 0.275 e. The number of likely N-dealkylation sites (N-methyl/N-ethyl adjacent to an activating group) is 1. The molecule has 0 N–H and O–H groups in total. The van der Waals surface area contributed by atoms with Crippen LogP contribution in [0.15, 0.2) is 29.2 Å². The van der Waals surface area contributed by atoms with Crippen LogP contribution < -0.4 is 4.74 Å². The van der Waals surface area contributed by atoms with Gasteiger partial charge >= 0.3 is 0 Å². The summed E-state index contributed by atoms with van der Waals surface area (Å²) in [7, 11) is -0.267. The molecule has 0 atom stereocenters. The van der Waals surface area contributed by atoms with Gasteiger partial charge in [0.15, 0.2) is 11.3 Å². The van der Waals surface area contributed by atoms with Gasteiger partial charge in [0.25, 0.3) is 5.91 Å². The fraction of sp³-hybridized carbons (Fsp3) is 0.480. The summed E-state index contributed by atoms with van der Waals surface area (Å²) in [4.78, 5) is 22.5. The SMILES string of the molecule is COc1ccc(-c2c(C(=O)N3CCN(C)CC3)nn3c(C)cc(C)nc23)cc1S(=O)(=O)N1CCCC1. The van der Waals surface area contributed by atoms with Gasteiger partial charge in [-0.25, -0.2) is 17.9 Å². The Morgan fingerprint density at radius 3 is 2.36 bits per heavy atom. The van der Waals surface area contributed by atoms with Crippen LogP contribution in [-0.2, 0) is 10.0 Å². The zero-order valence-electron chi connectivity index (χ0n) is 21.2. The Labute approximate surface area is 211 Å². The average molecular weight is 513 g/mol. The highest BCUT2D eigenvalue weighted by Gasteiger charge is 2.33. The second-order valence-electron chi connectivity index (χ2n) is 9.57. The van der Waals surface area contributed by atoms with Gasteiger partial charge in [-0.15, -0.1) is 0 Å². The number of carbonyl (C=O) groups is 1. The number of rotatable bonds is 5. The number of methoxy groups -OCH3 is 1. The number of amides is 1. The van der Waals surface area contributed by atoms with E-state index in [1.807, 2.05) is 27.0 Å². The number of hydrogen-bond donors (Lipinski definition) is 0. The predicted molar refractivity (Wildman–Crippen MR) is 136 cm³/mol. The van der Waals surface area contributed by atoms with E-state index in [4.69, 9.17) is 14.8 Å². The molecule has 2 fully saturated rings. The van der Waals surface area contributed by atoms with Gasteiger partial charge in [0.05, 0.1) is 12.7 Å². The van der Waals surface area contributed by atoms with E-state index in [1.165, 1.54) is 11.4 Å². The summed E-state index contributed by atoms with van der Waals surface area (Å²) >= 11 is 0. The van der Waals surface area contributed by atoms with Crippen LogP contribution in [0.5, 0.6) is 5.75 Å². The van der Waals surface area contributed by atoms with Crippen molar-refractivity contribution in [3.8, 4) is 16.9 Å². The highest BCUT2D eigenvalue weighted by atomic mass is 32.2. The molecule has 0 bridgehead atoms. The van der Waals surface area contributed by atoms with Crippen LogP contribution in [-0.4, -0.2) is 96.5 Å². The Hall–Kier alpha value is -3.02. The van der Waals surface area contributed by atoms with Gasteiger partial charge in [-0.05, 0) is 57.5 Å². The van der Waals surface area contributed by atoms with Crippen LogP contribution >= 0.6 is 0 Å². The molecule has 2 aliphatic heterocycles. The van der Waals surface area contributed by atoms with E-state index in [1.54, 1.807) is 27.6 Å². The molecule has 5 rings (SSSR count). The molecule has 11 heteroatoms. The lowest BCUT2D eigenvalue weighted by Crippen LogP contribution is -2.47. The molecule has 2 saturated heterocycles. The average Bonchev–Trinajstić information content (AvgIpc) is 3.53. The molecule has 0 saturated carbocycles. The second-order valence-corrected chi connectivity index (χ2v) is 11.5. The molecule has 4 heterocycles. The summed E-state index contributed by atoms with van der Waals surface area (Å²) in [5, 5.41) is 4.69. The maximum absolute atomic E-state index is 13.7. The fourth-order valence-electron chi connectivity index (χ4n) is 5.00. The minimum Gasteiger partial charge on any atom is -0.495 e. The number of sulfonamides is 1. The fourth-order valence-corrected chi connectivity index (χ4v) is 6.70. The van der Waals surface area contributed by atoms with E-state index in [0.717, 1.165) is 37.3 Å². The van der Waals surface area contributed by atoms with Crippen LogP contribution in [0, 0.1) is 13.8 Å². The highest BCUT2D eigenvalue weighted by Crippen LogP contribution is 2.36. The van der Waals surface area contributed by atoms with Crippen molar-refractivity contribution in [1.82, 2.24) is 28.7 Å². The molecule has 10 nitrogen and oxygen atoms in total. The van der Waals surface area contributed by atoms with Gasteiger partial charge in [0.2, 0.25) is 10.0 Å². The lowest BCUT2D eigenvalue weighted by molar-refractivity contribution is 0.0658. The summed E-state index contributed by atoms with van der Waals surface area (Å²) in [5.41, 5.74) is 3.53. The summed E-state index contributed by atoms with van der Waals surface area (Å²) in [6, 6.07) is 6.93. The topological polar surface area (TPSA) is 100 Å². The van der Waals surface area contributed by atoms with Crippen molar-refractivity contribution in [2.24, 2.45) is 0 Å². The van der Waals surface area contributed by atoms with E-state index in [0.29, 0.717) is 43.0 Å². The first-order valence-electron chi connectivity index (χ1n) is 12.2. The molecule has 1 amide bonds. The number of piperazine rings is 1. The largest absolute Gasteiger partial charge is 0.495 e. The highest BCUT2D eigenvalue weighted by molar-refractivity contribution is 7.89. The second kappa shape index (κ2) is 9.45. The molecular weight excluding hydrogens is 480 g/mol. The molecule has 2 aliphatic rings. The van der Waals surface area contributed by atoms with E-state index < -0.39 is 10.0 Å². The minimum atomic E-state index is -3.76. The zero-order valence-corrected chi connectivity index (χ0v) is 22.0. The summed E-state index contributed by atoms with van der Waals surface area (Å²) < 4.78 is 35.7. The predicted octanol–water partition coefficient (Wildman–Crippen LogP) is 2.19. The standard InChI is InChI=1S/C25H32N6O4S/c1-17-15-18(2)31-24(26-17)22(23(27-31)25(32)29-13-11-28(3)12-14-29)19-7-8-20(35-4)21(16-19)36(33,34)30-9-5-6-10-30/h7-8,15-16H,5-6,9-14H2,1-4H3. The van der Waals surface area contributed by atoms with Crippen LogP contribution in [0.25, 0.3) is 16.8 Å².